The van der Waals surface area contributed by atoms with E-state index in [-0.39, 0.29) is 11.5 Å². The summed E-state index contributed by atoms with van der Waals surface area (Å²) in [6.07, 6.45) is 0.528. The second-order valence-electron chi connectivity index (χ2n) is 3.94. The van der Waals surface area contributed by atoms with E-state index in [0.717, 1.165) is 10.0 Å². The third-order valence-corrected chi connectivity index (χ3v) is 5.87. The quantitative estimate of drug-likeness (QED) is 0.798. The molecule has 18 heavy (non-hydrogen) atoms. The predicted molar refractivity (Wildman–Crippen MR) is 78.1 cm³/mol. The van der Waals surface area contributed by atoms with Crippen LogP contribution in [0, 0.1) is 6.92 Å². The van der Waals surface area contributed by atoms with E-state index in [2.05, 4.69) is 36.6 Å². The van der Waals surface area contributed by atoms with E-state index < -0.39 is 16.1 Å². The lowest BCUT2D eigenvalue weighted by atomic mass is 10.2. The highest BCUT2D eigenvalue weighted by molar-refractivity contribution is 9.11. The van der Waals surface area contributed by atoms with Gasteiger partial charge in [0.1, 0.15) is 0 Å². The van der Waals surface area contributed by atoms with E-state index in [1.165, 1.54) is 0 Å². The van der Waals surface area contributed by atoms with Gasteiger partial charge in [-0.15, -0.1) is 0 Å². The van der Waals surface area contributed by atoms with Crippen molar-refractivity contribution in [2.24, 2.45) is 0 Å². The highest BCUT2D eigenvalue weighted by atomic mass is 79.9. The molecule has 0 unspecified atom stereocenters. The third-order valence-electron chi connectivity index (χ3n) is 2.54. The molecule has 0 aliphatic carbocycles. The van der Waals surface area contributed by atoms with Crippen LogP contribution < -0.4 is 4.72 Å². The normalized spacial score (nSPS) is 13.6. The number of aryl methyl sites for hydroxylation is 1. The highest BCUT2D eigenvalue weighted by Crippen LogP contribution is 2.28. The van der Waals surface area contributed by atoms with Crippen LogP contribution in [-0.4, -0.2) is 26.2 Å². The maximum Gasteiger partial charge on any atom is 0.242 e. The van der Waals surface area contributed by atoms with Crippen LogP contribution in [0.2, 0.25) is 0 Å². The first-order chi connectivity index (χ1) is 8.31. The molecule has 0 aromatic heterocycles. The molecule has 0 radical (unpaired) electrons. The Morgan fingerprint density at radius 3 is 2.44 bits per heavy atom. The first kappa shape index (κ1) is 16.1. The fourth-order valence-electron chi connectivity index (χ4n) is 1.37. The number of rotatable bonds is 5. The van der Waals surface area contributed by atoms with E-state index in [9.17, 15) is 8.42 Å². The Hall–Kier alpha value is 0.0500. The summed E-state index contributed by atoms with van der Waals surface area (Å²) in [5, 5.41) is 9.06. The minimum atomic E-state index is -3.64. The van der Waals surface area contributed by atoms with E-state index in [1.54, 1.807) is 12.1 Å². The molecule has 0 aliphatic heterocycles. The molecule has 0 aliphatic rings. The van der Waals surface area contributed by atoms with Crippen LogP contribution in [0.4, 0.5) is 0 Å². The van der Waals surface area contributed by atoms with Crippen LogP contribution in [-0.2, 0) is 10.0 Å². The number of hydrogen-bond donors (Lipinski definition) is 2. The van der Waals surface area contributed by atoms with Crippen LogP contribution in [0.3, 0.4) is 0 Å². The van der Waals surface area contributed by atoms with Gasteiger partial charge in [0.25, 0.3) is 0 Å². The second kappa shape index (κ2) is 6.47. The highest BCUT2D eigenvalue weighted by Gasteiger charge is 2.22. The van der Waals surface area contributed by atoms with Crippen molar-refractivity contribution in [2.75, 3.05) is 6.61 Å². The summed E-state index contributed by atoms with van der Waals surface area (Å²) in [5.41, 5.74) is 0.940. The molecule has 0 amide bonds. The van der Waals surface area contributed by atoms with Crippen molar-refractivity contribution < 1.29 is 13.5 Å². The summed E-state index contributed by atoms with van der Waals surface area (Å²) in [4.78, 5) is 0.159. The molecule has 102 valence electrons. The molecular formula is C11H15Br2NO3S. The lowest BCUT2D eigenvalue weighted by Crippen LogP contribution is -2.37. The number of sulfonamides is 1. The van der Waals surface area contributed by atoms with Gasteiger partial charge in [0.05, 0.1) is 11.5 Å². The van der Waals surface area contributed by atoms with Crippen LogP contribution in [0.25, 0.3) is 0 Å². The number of benzene rings is 1. The molecule has 4 nitrogen and oxygen atoms in total. The number of aliphatic hydroxyl groups excluding tert-OH is 1. The van der Waals surface area contributed by atoms with Crippen LogP contribution >= 0.6 is 31.9 Å². The van der Waals surface area contributed by atoms with Crippen molar-refractivity contribution >= 4 is 41.9 Å². The Morgan fingerprint density at radius 1 is 1.33 bits per heavy atom. The molecule has 0 spiro atoms. The van der Waals surface area contributed by atoms with E-state index in [1.807, 2.05) is 13.8 Å². The molecule has 0 bridgehead atoms. The molecule has 0 fully saturated rings. The fraction of sp³-hybridized carbons (Fsp3) is 0.455. The first-order valence-electron chi connectivity index (χ1n) is 5.40. The molecular weight excluding hydrogens is 386 g/mol. The zero-order valence-corrected chi connectivity index (χ0v) is 14.1. The predicted octanol–water partition coefficient (Wildman–Crippen LogP) is 2.57. The minimum Gasteiger partial charge on any atom is -0.395 e. The molecule has 2 N–H and O–H groups in total. The molecule has 1 aromatic carbocycles. The zero-order chi connectivity index (χ0) is 13.9. The van der Waals surface area contributed by atoms with Gasteiger partial charge in [-0.25, -0.2) is 13.1 Å². The van der Waals surface area contributed by atoms with Gasteiger partial charge in [0.15, 0.2) is 0 Å². The molecule has 1 aromatic rings. The summed E-state index contributed by atoms with van der Waals surface area (Å²) in [6, 6.07) is 2.81. The molecule has 0 saturated carbocycles. The van der Waals surface area contributed by atoms with Gasteiger partial charge in [-0.1, -0.05) is 22.9 Å². The Morgan fingerprint density at radius 2 is 1.94 bits per heavy atom. The van der Waals surface area contributed by atoms with Gasteiger partial charge in [-0.3, -0.25) is 0 Å². The number of aliphatic hydroxyl groups is 1. The Labute approximate surface area is 124 Å². The number of hydrogen-bond acceptors (Lipinski definition) is 3. The average Bonchev–Trinajstić information content (AvgIpc) is 2.30. The van der Waals surface area contributed by atoms with Crippen molar-refractivity contribution in [3.8, 4) is 0 Å². The monoisotopic (exact) mass is 399 g/mol. The maximum absolute atomic E-state index is 12.2. The first-order valence-corrected chi connectivity index (χ1v) is 8.47. The molecule has 0 saturated heterocycles. The van der Waals surface area contributed by atoms with Crippen molar-refractivity contribution in [2.45, 2.75) is 31.2 Å². The summed E-state index contributed by atoms with van der Waals surface area (Å²) < 4.78 is 28.0. The topological polar surface area (TPSA) is 66.4 Å². The Bertz CT molecular complexity index is 527. The smallest absolute Gasteiger partial charge is 0.242 e. The summed E-state index contributed by atoms with van der Waals surface area (Å²) in [7, 11) is -3.64. The van der Waals surface area contributed by atoms with Crippen LogP contribution in [0.15, 0.2) is 26.0 Å². The summed E-state index contributed by atoms with van der Waals surface area (Å²) in [6.45, 7) is 3.46. The SMILES string of the molecule is CC[C@H](CO)NS(=O)(=O)c1cc(Br)c(C)cc1Br. The van der Waals surface area contributed by atoms with Gasteiger partial charge in [-0.2, -0.15) is 0 Å². The Balaban J connectivity index is 3.16. The van der Waals surface area contributed by atoms with Crippen molar-refractivity contribution in [1.82, 2.24) is 4.72 Å². The lowest BCUT2D eigenvalue weighted by Gasteiger charge is -2.16. The largest absolute Gasteiger partial charge is 0.395 e. The van der Waals surface area contributed by atoms with Crippen molar-refractivity contribution in [3.63, 3.8) is 0 Å². The third kappa shape index (κ3) is 3.77. The van der Waals surface area contributed by atoms with E-state index in [4.69, 9.17) is 5.11 Å². The van der Waals surface area contributed by atoms with Crippen molar-refractivity contribution in [1.29, 1.82) is 0 Å². The van der Waals surface area contributed by atoms with Crippen molar-refractivity contribution in [3.05, 3.63) is 26.6 Å². The van der Waals surface area contributed by atoms with Crippen LogP contribution in [0.1, 0.15) is 18.9 Å². The zero-order valence-electron chi connectivity index (χ0n) is 10.1. The van der Waals surface area contributed by atoms with Gasteiger partial charge >= 0.3 is 0 Å². The molecule has 0 heterocycles. The maximum atomic E-state index is 12.2. The van der Waals surface area contributed by atoms with E-state index in [0.29, 0.717) is 10.9 Å². The van der Waals surface area contributed by atoms with E-state index >= 15 is 0 Å². The Kier molecular flexibility index (Phi) is 5.79. The molecule has 7 heteroatoms. The van der Waals surface area contributed by atoms with Crippen LogP contribution in [0.5, 0.6) is 0 Å². The standard InChI is InChI=1S/C11H15Br2NO3S/c1-3-8(6-15)14-18(16,17)11-5-9(12)7(2)4-10(11)13/h4-5,8,14-15H,3,6H2,1-2H3/t8-/m1/s1. The molecule has 1 atom stereocenters. The van der Waals surface area contributed by atoms with Gasteiger partial charge < -0.3 is 5.11 Å². The number of nitrogens with one attached hydrogen (secondary N) is 1. The summed E-state index contributed by atoms with van der Waals surface area (Å²) >= 11 is 6.56. The lowest BCUT2D eigenvalue weighted by molar-refractivity contribution is 0.254. The minimum absolute atomic E-state index is 0.159. The molecule has 1 rings (SSSR count). The van der Waals surface area contributed by atoms with Gasteiger partial charge in [-0.05, 0) is 47.0 Å². The van der Waals surface area contributed by atoms with Gasteiger partial charge in [0, 0.05) is 15.0 Å². The number of halogens is 2. The van der Waals surface area contributed by atoms with Gasteiger partial charge in [0.2, 0.25) is 10.0 Å². The fourth-order valence-corrected chi connectivity index (χ4v) is 4.35. The second-order valence-corrected chi connectivity index (χ2v) is 7.33. The summed E-state index contributed by atoms with van der Waals surface area (Å²) in [5.74, 6) is 0. The average molecular weight is 401 g/mol.